The van der Waals surface area contributed by atoms with Crippen molar-refractivity contribution in [2.24, 2.45) is 10.9 Å². The van der Waals surface area contributed by atoms with E-state index in [0.717, 1.165) is 31.6 Å². The zero-order valence-corrected chi connectivity index (χ0v) is 16.5. The second kappa shape index (κ2) is 6.95. The fourth-order valence-corrected chi connectivity index (χ4v) is 4.21. The van der Waals surface area contributed by atoms with Gasteiger partial charge in [0.05, 0.1) is 6.04 Å². The molecule has 0 N–H and O–H groups in total. The van der Waals surface area contributed by atoms with Gasteiger partial charge in [0, 0.05) is 10.0 Å². The molecule has 0 unspecified atom stereocenters. The molecule has 0 saturated heterocycles. The molecule has 3 heteroatoms. The molecule has 2 nitrogen and oxygen atoms in total. The number of rotatable bonds is 2. The maximum absolute atomic E-state index is 5.99. The molecule has 2 aromatic carbocycles. The van der Waals surface area contributed by atoms with Crippen molar-refractivity contribution in [1.29, 1.82) is 0 Å². The zero-order valence-electron chi connectivity index (χ0n) is 14.9. The molecule has 5 aliphatic rings. The molecule has 4 bridgehead atoms. The number of hydrogen-bond donors (Lipinski definition) is 0. The first-order chi connectivity index (χ1) is 12.1. The van der Waals surface area contributed by atoms with E-state index in [9.17, 15) is 0 Å². The normalized spacial score (nSPS) is 19.5. The van der Waals surface area contributed by atoms with Crippen LogP contribution in [-0.2, 0) is 30.4 Å². The number of benzene rings is 2. The van der Waals surface area contributed by atoms with Gasteiger partial charge in [-0.1, -0.05) is 54.0 Å². The number of hydrogen-bond acceptors (Lipinski definition) is 2. The van der Waals surface area contributed by atoms with E-state index in [1.165, 1.54) is 32.3 Å². The fourth-order valence-electron chi connectivity index (χ4n) is 3.58. The van der Waals surface area contributed by atoms with Crippen LogP contribution in [0.3, 0.4) is 0 Å². The lowest BCUT2D eigenvalue weighted by molar-refractivity contribution is 0.291. The fraction of sp³-hybridized carbons (Fsp3) is 0.409. The summed E-state index contributed by atoms with van der Waals surface area (Å²) in [6.45, 7) is 5.14. The van der Waals surface area contributed by atoms with E-state index >= 15 is 0 Å². The van der Waals surface area contributed by atoms with Gasteiger partial charge in [-0.15, -0.1) is 0 Å². The minimum absolute atomic E-state index is 0.284. The summed E-state index contributed by atoms with van der Waals surface area (Å²) in [5.74, 6) is 1.37. The van der Waals surface area contributed by atoms with E-state index in [1.807, 2.05) is 0 Å². The maximum atomic E-state index is 5.99. The maximum Gasteiger partial charge on any atom is 0.216 e. The summed E-state index contributed by atoms with van der Waals surface area (Å²) < 4.78 is 7.23. The van der Waals surface area contributed by atoms with Gasteiger partial charge < -0.3 is 4.74 Å². The van der Waals surface area contributed by atoms with Crippen molar-refractivity contribution in [2.75, 3.05) is 6.61 Å². The monoisotopic (exact) mass is 397 g/mol. The SMILES string of the molecule is CC(C)[C@H]1COC(c2cc3ccc2CCc2ccc(cc2Br)CC3)=N1. The van der Waals surface area contributed by atoms with E-state index in [4.69, 9.17) is 9.73 Å². The average Bonchev–Trinajstić information content (AvgIpc) is 3.08. The summed E-state index contributed by atoms with van der Waals surface area (Å²) in [4.78, 5) is 4.87. The first-order valence-electron chi connectivity index (χ1n) is 9.20. The van der Waals surface area contributed by atoms with E-state index in [1.54, 1.807) is 0 Å². The predicted octanol–water partition coefficient (Wildman–Crippen LogP) is 5.13. The van der Waals surface area contributed by atoms with Gasteiger partial charge in [0.1, 0.15) is 6.61 Å². The molecule has 4 aliphatic carbocycles. The van der Waals surface area contributed by atoms with Crippen LogP contribution >= 0.6 is 15.9 Å². The Hall–Kier alpha value is -1.61. The minimum atomic E-state index is 0.284. The zero-order chi connectivity index (χ0) is 17.4. The van der Waals surface area contributed by atoms with Gasteiger partial charge in [-0.25, -0.2) is 4.99 Å². The van der Waals surface area contributed by atoms with Crippen LogP contribution < -0.4 is 0 Å². The lowest BCUT2D eigenvalue weighted by atomic mass is 9.93. The van der Waals surface area contributed by atoms with Crippen LogP contribution in [0.2, 0.25) is 0 Å². The second-order valence-corrected chi connectivity index (χ2v) is 8.33. The first kappa shape index (κ1) is 16.8. The highest BCUT2D eigenvalue weighted by atomic mass is 79.9. The lowest BCUT2D eigenvalue weighted by Crippen LogP contribution is -2.13. The van der Waals surface area contributed by atoms with Crippen LogP contribution in [0.25, 0.3) is 0 Å². The number of halogens is 1. The van der Waals surface area contributed by atoms with Gasteiger partial charge in [0.2, 0.25) is 5.90 Å². The van der Waals surface area contributed by atoms with Crippen molar-refractivity contribution in [3.05, 3.63) is 68.7 Å². The van der Waals surface area contributed by atoms with Crippen LogP contribution in [0.15, 0.2) is 45.9 Å². The molecule has 1 atom stereocenters. The molecular formula is C22H24BrNO. The van der Waals surface area contributed by atoms with Gasteiger partial charge in [0.15, 0.2) is 0 Å². The highest BCUT2D eigenvalue weighted by Gasteiger charge is 2.24. The summed E-state index contributed by atoms with van der Waals surface area (Å²) >= 11 is 3.75. The summed E-state index contributed by atoms with van der Waals surface area (Å²) in [5, 5.41) is 0. The van der Waals surface area contributed by atoms with E-state index in [2.05, 4.69) is 66.2 Å². The average molecular weight is 398 g/mol. The Morgan fingerprint density at radius 2 is 1.64 bits per heavy atom. The molecule has 0 spiro atoms. The number of nitrogens with zero attached hydrogens (tertiary/aromatic N) is 1. The van der Waals surface area contributed by atoms with Crippen LogP contribution in [0.1, 0.15) is 41.7 Å². The molecule has 7 rings (SSSR count). The molecule has 1 heterocycles. The molecule has 0 fully saturated rings. The molecule has 25 heavy (non-hydrogen) atoms. The van der Waals surface area contributed by atoms with E-state index < -0.39 is 0 Å². The van der Waals surface area contributed by atoms with Crippen molar-refractivity contribution in [2.45, 2.75) is 45.6 Å². The molecule has 0 saturated carbocycles. The third kappa shape index (κ3) is 3.52. The minimum Gasteiger partial charge on any atom is -0.475 e. The molecule has 130 valence electrons. The highest BCUT2D eigenvalue weighted by Crippen LogP contribution is 2.26. The molecule has 0 radical (unpaired) electrons. The second-order valence-electron chi connectivity index (χ2n) is 7.47. The Kier molecular flexibility index (Phi) is 4.68. The Bertz CT molecular complexity index is 825. The highest BCUT2D eigenvalue weighted by molar-refractivity contribution is 9.10. The smallest absolute Gasteiger partial charge is 0.216 e. The summed E-state index contributed by atoms with van der Waals surface area (Å²) in [5.41, 5.74) is 6.65. The van der Waals surface area contributed by atoms with Crippen molar-refractivity contribution >= 4 is 21.8 Å². The van der Waals surface area contributed by atoms with Gasteiger partial charge in [-0.05, 0) is 66.0 Å². The van der Waals surface area contributed by atoms with Gasteiger partial charge in [0.25, 0.3) is 0 Å². The number of aliphatic imine (C=N–C) groups is 1. The van der Waals surface area contributed by atoms with Gasteiger partial charge in [-0.3, -0.25) is 0 Å². The lowest BCUT2D eigenvalue weighted by Gasteiger charge is -2.15. The molecular weight excluding hydrogens is 374 g/mol. The number of ether oxygens (including phenoxy) is 1. The third-order valence-electron chi connectivity index (χ3n) is 5.33. The Morgan fingerprint density at radius 3 is 2.32 bits per heavy atom. The topological polar surface area (TPSA) is 21.6 Å². The van der Waals surface area contributed by atoms with Crippen LogP contribution in [-0.4, -0.2) is 18.5 Å². The Labute approximate surface area is 158 Å². The molecule has 0 aromatic heterocycles. The van der Waals surface area contributed by atoms with Crippen molar-refractivity contribution in [1.82, 2.24) is 0 Å². The Morgan fingerprint density at radius 1 is 0.960 bits per heavy atom. The van der Waals surface area contributed by atoms with E-state index in [-0.39, 0.29) is 6.04 Å². The van der Waals surface area contributed by atoms with Crippen molar-refractivity contribution < 1.29 is 4.74 Å². The Balaban J connectivity index is 1.72. The quantitative estimate of drug-likeness (QED) is 0.687. The summed E-state index contributed by atoms with van der Waals surface area (Å²) in [7, 11) is 0. The first-order valence-corrected chi connectivity index (χ1v) is 9.99. The summed E-state index contributed by atoms with van der Waals surface area (Å²) in [6, 6.07) is 14.0. The van der Waals surface area contributed by atoms with Crippen LogP contribution in [0.4, 0.5) is 0 Å². The van der Waals surface area contributed by atoms with Crippen molar-refractivity contribution in [3.63, 3.8) is 0 Å². The van der Waals surface area contributed by atoms with Crippen LogP contribution in [0.5, 0.6) is 0 Å². The molecule has 2 aromatic rings. The third-order valence-corrected chi connectivity index (χ3v) is 6.07. The molecule has 0 amide bonds. The predicted molar refractivity (Wildman–Crippen MR) is 107 cm³/mol. The van der Waals surface area contributed by atoms with Crippen LogP contribution in [0, 0.1) is 5.92 Å². The van der Waals surface area contributed by atoms with E-state index in [0.29, 0.717) is 12.5 Å². The van der Waals surface area contributed by atoms with Crippen molar-refractivity contribution in [3.8, 4) is 0 Å². The molecule has 1 aliphatic heterocycles. The summed E-state index contributed by atoms with van der Waals surface area (Å²) in [6.07, 6.45) is 4.12. The standard InChI is InChI=1S/C22H24BrNO/c1-14(2)21-13-25-22(24-21)19-11-15-3-4-16-6-8-18(20(23)12-16)10-9-17(19)7-5-15/h5-8,11-12,14,21H,3-4,9-10,13H2,1-2H3/t21-/m1/s1. The van der Waals surface area contributed by atoms with Gasteiger partial charge in [-0.2, -0.15) is 0 Å². The number of aryl methyl sites for hydroxylation is 4. The van der Waals surface area contributed by atoms with Gasteiger partial charge >= 0.3 is 0 Å². The largest absolute Gasteiger partial charge is 0.475 e.